The average Bonchev–Trinajstić information content (AvgIpc) is 2.67. The lowest BCUT2D eigenvalue weighted by molar-refractivity contribution is 0.102. The summed E-state index contributed by atoms with van der Waals surface area (Å²) in [5, 5.41) is 0.984. The zero-order chi connectivity index (χ0) is 12.8. The second kappa shape index (κ2) is 6.34. The van der Waals surface area contributed by atoms with Gasteiger partial charge in [-0.05, 0) is 12.8 Å². The SMILES string of the molecule is CCc1nc(CCCN=C(N)N)sc1C(C)=O. The molecule has 1 heterocycles. The topological polar surface area (TPSA) is 94.4 Å². The second-order valence-electron chi connectivity index (χ2n) is 3.70. The summed E-state index contributed by atoms with van der Waals surface area (Å²) in [6.07, 6.45) is 2.44. The number of carbonyl (C=O) groups is 1. The summed E-state index contributed by atoms with van der Waals surface area (Å²) in [7, 11) is 0. The van der Waals surface area contributed by atoms with Crippen LogP contribution in [0.4, 0.5) is 0 Å². The van der Waals surface area contributed by atoms with E-state index >= 15 is 0 Å². The van der Waals surface area contributed by atoms with Crippen LogP contribution in [0, 0.1) is 0 Å². The van der Waals surface area contributed by atoms with E-state index in [4.69, 9.17) is 11.5 Å². The molecule has 0 aliphatic rings. The molecule has 0 amide bonds. The Morgan fingerprint density at radius 2 is 2.18 bits per heavy atom. The zero-order valence-corrected chi connectivity index (χ0v) is 11.0. The van der Waals surface area contributed by atoms with E-state index < -0.39 is 0 Å². The third-order valence-corrected chi connectivity index (χ3v) is 3.50. The van der Waals surface area contributed by atoms with Crippen molar-refractivity contribution in [1.82, 2.24) is 4.98 Å². The minimum Gasteiger partial charge on any atom is -0.370 e. The molecule has 6 heteroatoms. The van der Waals surface area contributed by atoms with Crippen LogP contribution < -0.4 is 11.5 Å². The van der Waals surface area contributed by atoms with Crippen LogP contribution in [0.1, 0.15) is 40.6 Å². The maximum Gasteiger partial charge on any atom is 0.185 e. The number of ketones is 1. The molecule has 0 fully saturated rings. The van der Waals surface area contributed by atoms with Crippen molar-refractivity contribution in [1.29, 1.82) is 0 Å². The third-order valence-electron chi connectivity index (χ3n) is 2.24. The summed E-state index contributed by atoms with van der Waals surface area (Å²) >= 11 is 1.48. The van der Waals surface area contributed by atoms with Crippen molar-refractivity contribution >= 4 is 23.1 Å². The maximum absolute atomic E-state index is 11.4. The number of aryl methyl sites for hydroxylation is 2. The minimum absolute atomic E-state index is 0.0924. The molecule has 0 radical (unpaired) electrons. The van der Waals surface area contributed by atoms with Gasteiger partial charge in [-0.2, -0.15) is 0 Å². The molecule has 0 aliphatic carbocycles. The lowest BCUT2D eigenvalue weighted by atomic mass is 10.2. The van der Waals surface area contributed by atoms with Gasteiger partial charge in [0.25, 0.3) is 0 Å². The number of guanidine groups is 1. The standard InChI is InChI=1S/C11H18N4OS/c1-3-8-10(7(2)16)17-9(15-8)5-4-6-14-11(12)13/h3-6H2,1-2H3,(H4,12,13,14). The number of nitrogens with two attached hydrogens (primary N) is 2. The van der Waals surface area contributed by atoms with Gasteiger partial charge in [0, 0.05) is 19.9 Å². The molecule has 1 rings (SSSR count). The van der Waals surface area contributed by atoms with Crippen molar-refractivity contribution in [2.24, 2.45) is 16.5 Å². The number of hydrogen-bond donors (Lipinski definition) is 2. The summed E-state index contributed by atoms with van der Waals surface area (Å²) in [4.78, 5) is 20.5. The minimum atomic E-state index is 0.0924. The van der Waals surface area contributed by atoms with Crippen LogP contribution in [0.3, 0.4) is 0 Å². The molecule has 0 aliphatic heterocycles. The lowest BCUT2D eigenvalue weighted by Gasteiger charge is -1.94. The van der Waals surface area contributed by atoms with Crippen molar-refractivity contribution in [3.05, 3.63) is 15.6 Å². The summed E-state index contributed by atoms with van der Waals surface area (Å²) in [5.41, 5.74) is 11.4. The Balaban J connectivity index is 2.60. The Bertz CT molecular complexity index is 421. The Labute approximate surface area is 105 Å². The molecule has 94 valence electrons. The van der Waals surface area contributed by atoms with Crippen molar-refractivity contribution in [3.63, 3.8) is 0 Å². The van der Waals surface area contributed by atoms with Gasteiger partial charge in [0.15, 0.2) is 11.7 Å². The average molecular weight is 254 g/mol. The number of hydrogen-bond acceptors (Lipinski definition) is 4. The van der Waals surface area contributed by atoms with E-state index in [2.05, 4.69) is 9.98 Å². The van der Waals surface area contributed by atoms with E-state index in [9.17, 15) is 4.79 Å². The first-order valence-corrected chi connectivity index (χ1v) is 6.41. The highest BCUT2D eigenvalue weighted by atomic mass is 32.1. The molecule has 0 bridgehead atoms. The summed E-state index contributed by atoms with van der Waals surface area (Å²) < 4.78 is 0. The highest BCUT2D eigenvalue weighted by Crippen LogP contribution is 2.20. The molecule has 0 atom stereocenters. The molecule has 1 aromatic rings. The molecule has 4 N–H and O–H groups in total. The number of rotatable bonds is 6. The molecule has 5 nitrogen and oxygen atoms in total. The van der Waals surface area contributed by atoms with E-state index in [1.54, 1.807) is 6.92 Å². The van der Waals surface area contributed by atoms with Crippen molar-refractivity contribution < 1.29 is 4.79 Å². The van der Waals surface area contributed by atoms with Crippen molar-refractivity contribution in [3.8, 4) is 0 Å². The second-order valence-corrected chi connectivity index (χ2v) is 4.79. The molecule has 0 spiro atoms. The molecule has 1 aromatic heterocycles. The Morgan fingerprint density at radius 1 is 1.47 bits per heavy atom. The monoisotopic (exact) mass is 254 g/mol. The molecule has 17 heavy (non-hydrogen) atoms. The first-order chi connectivity index (χ1) is 8.04. The van der Waals surface area contributed by atoms with E-state index in [1.165, 1.54) is 11.3 Å². The van der Waals surface area contributed by atoms with Gasteiger partial charge in [-0.15, -0.1) is 11.3 Å². The largest absolute Gasteiger partial charge is 0.370 e. The van der Waals surface area contributed by atoms with Crippen molar-refractivity contribution in [2.75, 3.05) is 6.54 Å². The number of thiazole rings is 1. The summed E-state index contributed by atoms with van der Waals surface area (Å²) in [6.45, 7) is 4.18. The first-order valence-electron chi connectivity index (χ1n) is 5.59. The molecule has 0 aromatic carbocycles. The number of carbonyl (C=O) groups excluding carboxylic acids is 1. The molecule has 0 saturated heterocycles. The zero-order valence-electron chi connectivity index (χ0n) is 10.2. The molecular formula is C11H18N4OS. The van der Waals surface area contributed by atoms with Crippen LogP contribution in [0.2, 0.25) is 0 Å². The smallest absolute Gasteiger partial charge is 0.185 e. The number of aromatic nitrogens is 1. The molecule has 0 unspecified atom stereocenters. The Hall–Kier alpha value is -1.43. The van der Waals surface area contributed by atoms with Gasteiger partial charge in [0.2, 0.25) is 0 Å². The van der Waals surface area contributed by atoms with Crippen LogP contribution in [-0.2, 0) is 12.8 Å². The predicted molar refractivity (Wildman–Crippen MR) is 70.5 cm³/mol. The number of Topliss-reactive ketones (excluding diaryl/α,β-unsaturated/α-hetero) is 1. The lowest BCUT2D eigenvalue weighted by Crippen LogP contribution is -2.23. The highest BCUT2D eigenvalue weighted by molar-refractivity contribution is 7.13. The van der Waals surface area contributed by atoms with Gasteiger partial charge in [-0.25, -0.2) is 4.98 Å². The summed E-state index contributed by atoms with van der Waals surface area (Å²) in [5.74, 6) is 0.206. The van der Waals surface area contributed by atoms with Gasteiger partial charge in [-0.3, -0.25) is 9.79 Å². The quantitative estimate of drug-likeness (QED) is 0.344. The fraction of sp³-hybridized carbons (Fsp3) is 0.545. The maximum atomic E-state index is 11.4. The molecular weight excluding hydrogens is 236 g/mol. The van der Waals surface area contributed by atoms with Gasteiger partial charge in [-0.1, -0.05) is 6.92 Å². The van der Waals surface area contributed by atoms with E-state index in [0.717, 1.165) is 34.8 Å². The Morgan fingerprint density at radius 3 is 2.65 bits per heavy atom. The highest BCUT2D eigenvalue weighted by Gasteiger charge is 2.12. The number of aliphatic imine (C=N–C) groups is 1. The van der Waals surface area contributed by atoms with E-state index in [1.807, 2.05) is 6.92 Å². The van der Waals surface area contributed by atoms with Crippen LogP contribution in [0.5, 0.6) is 0 Å². The van der Waals surface area contributed by atoms with Gasteiger partial charge >= 0.3 is 0 Å². The summed E-state index contributed by atoms with van der Waals surface area (Å²) in [6, 6.07) is 0. The van der Waals surface area contributed by atoms with Gasteiger partial charge in [0.1, 0.15) is 0 Å². The van der Waals surface area contributed by atoms with Gasteiger partial charge < -0.3 is 11.5 Å². The van der Waals surface area contributed by atoms with E-state index in [-0.39, 0.29) is 11.7 Å². The number of nitrogens with zero attached hydrogens (tertiary/aromatic N) is 2. The Kier molecular flexibility index (Phi) is 5.09. The fourth-order valence-corrected chi connectivity index (χ4v) is 2.55. The van der Waals surface area contributed by atoms with Crippen LogP contribution >= 0.6 is 11.3 Å². The predicted octanol–water partition coefficient (Wildman–Crippen LogP) is 1.11. The normalized spacial score (nSPS) is 10.2. The molecule has 0 saturated carbocycles. The van der Waals surface area contributed by atoms with Crippen LogP contribution in [-0.4, -0.2) is 23.3 Å². The van der Waals surface area contributed by atoms with Crippen LogP contribution in [0.25, 0.3) is 0 Å². The van der Waals surface area contributed by atoms with Gasteiger partial charge in [0.05, 0.1) is 15.6 Å². The third kappa shape index (κ3) is 4.14. The van der Waals surface area contributed by atoms with E-state index in [0.29, 0.717) is 6.54 Å². The van der Waals surface area contributed by atoms with Crippen molar-refractivity contribution in [2.45, 2.75) is 33.1 Å². The van der Waals surface area contributed by atoms with Crippen LogP contribution in [0.15, 0.2) is 4.99 Å². The fourth-order valence-electron chi connectivity index (χ4n) is 1.46. The first kappa shape index (κ1) is 13.6.